The fourth-order valence-electron chi connectivity index (χ4n) is 5.47. The number of para-hydroxylation sites is 1. The maximum Gasteiger partial charge on any atom is 0.226 e. The molecule has 6 nitrogen and oxygen atoms in total. The van der Waals surface area contributed by atoms with Crippen molar-refractivity contribution in [3.63, 3.8) is 0 Å². The third-order valence-corrected chi connectivity index (χ3v) is 7.89. The van der Waals surface area contributed by atoms with Crippen molar-refractivity contribution in [3.05, 3.63) is 112 Å². The lowest BCUT2D eigenvalue weighted by Gasteiger charge is -2.28. The highest BCUT2D eigenvalue weighted by atomic mass is 35.5. The summed E-state index contributed by atoms with van der Waals surface area (Å²) >= 11 is 12.2. The van der Waals surface area contributed by atoms with Gasteiger partial charge in [-0.2, -0.15) is 0 Å². The fraction of sp³-hybridized carbons (Fsp3) is 0.258. The molecule has 2 N–H and O–H groups in total. The van der Waals surface area contributed by atoms with Crippen LogP contribution in [0.3, 0.4) is 0 Å². The Kier molecular flexibility index (Phi) is 8.00. The highest BCUT2D eigenvalue weighted by Crippen LogP contribution is 2.41. The maximum atomic E-state index is 13.1. The van der Waals surface area contributed by atoms with Crippen LogP contribution in [0.15, 0.2) is 79.0 Å². The van der Waals surface area contributed by atoms with Gasteiger partial charge >= 0.3 is 0 Å². The number of nitrogens with zero attached hydrogens (tertiary/aromatic N) is 3. The van der Waals surface area contributed by atoms with Crippen molar-refractivity contribution in [2.24, 2.45) is 0 Å². The third kappa shape index (κ3) is 5.56. The lowest BCUT2D eigenvalue weighted by molar-refractivity contribution is -0.116. The average molecular weight is 558 g/mol. The molecule has 0 radical (unpaired) electrons. The highest BCUT2D eigenvalue weighted by Gasteiger charge is 2.41. The number of thiocarbonyl (C=S) groups is 1. The number of halogens is 1. The van der Waals surface area contributed by atoms with Crippen LogP contribution in [0.25, 0.3) is 5.69 Å². The molecule has 2 atom stereocenters. The molecule has 0 spiro atoms. The first-order valence-corrected chi connectivity index (χ1v) is 14.0. The van der Waals surface area contributed by atoms with E-state index < -0.39 is 0 Å². The van der Waals surface area contributed by atoms with E-state index in [2.05, 4.69) is 58.0 Å². The van der Waals surface area contributed by atoms with Crippen LogP contribution in [-0.4, -0.2) is 32.0 Å². The summed E-state index contributed by atoms with van der Waals surface area (Å²) in [5.74, 6) is -0.0388. The molecule has 1 amide bonds. The van der Waals surface area contributed by atoms with E-state index >= 15 is 0 Å². The molecule has 39 heavy (non-hydrogen) atoms. The Morgan fingerprint density at radius 2 is 1.87 bits per heavy atom. The van der Waals surface area contributed by atoms with Crippen molar-refractivity contribution < 1.29 is 4.79 Å². The summed E-state index contributed by atoms with van der Waals surface area (Å²) in [4.78, 5) is 19.8. The molecular weight excluding hydrogens is 526 g/mol. The van der Waals surface area contributed by atoms with Crippen LogP contribution in [0.5, 0.6) is 0 Å². The van der Waals surface area contributed by atoms with Crippen molar-refractivity contribution >= 4 is 40.5 Å². The van der Waals surface area contributed by atoms with Crippen LogP contribution in [0.2, 0.25) is 5.02 Å². The number of hydrogen-bond donors (Lipinski definition) is 2. The minimum atomic E-state index is -0.157. The maximum absolute atomic E-state index is 13.1. The van der Waals surface area contributed by atoms with Crippen molar-refractivity contribution in [1.29, 1.82) is 0 Å². The van der Waals surface area contributed by atoms with Crippen LogP contribution < -0.4 is 10.6 Å². The molecule has 4 aromatic rings. The van der Waals surface area contributed by atoms with Gasteiger partial charge < -0.3 is 20.1 Å². The molecule has 0 bridgehead atoms. The minimum absolute atomic E-state index is 0.0388. The smallest absolute Gasteiger partial charge is 0.226 e. The van der Waals surface area contributed by atoms with Gasteiger partial charge in [-0.25, -0.2) is 0 Å². The summed E-state index contributed by atoms with van der Waals surface area (Å²) in [6.45, 7) is 6.77. The second-order valence-corrected chi connectivity index (χ2v) is 10.6. The predicted octanol–water partition coefficient (Wildman–Crippen LogP) is 6.71. The lowest BCUT2D eigenvalue weighted by atomic mass is 9.96. The first-order chi connectivity index (χ1) is 18.9. The fourth-order valence-corrected chi connectivity index (χ4v) is 5.99. The summed E-state index contributed by atoms with van der Waals surface area (Å²) in [5, 5.41) is 7.89. The Morgan fingerprint density at radius 1 is 1.08 bits per heavy atom. The van der Waals surface area contributed by atoms with Gasteiger partial charge in [0, 0.05) is 46.9 Å². The third-order valence-electron chi connectivity index (χ3n) is 7.31. The minimum Gasteiger partial charge on any atom is -0.352 e. The number of aryl methyl sites for hydroxylation is 2. The average Bonchev–Trinajstić information content (AvgIpc) is 3.42. The molecule has 1 saturated heterocycles. The van der Waals surface area contributed by atoms with Crippen molar-refractivity contribution in [2.45, 2.75) is 45.7 Å². The normalized spacial score (nSPS) is 16.8. The van der Waals surface area contributed by atoms with Crippen LogP contribution in [0.4, 0.5) is 5.69 Å². The van der Waals surface area contributed by atoms with E-state index in [0.29, 0.717) is 23.1 Å². The molecule has 200 valence electrons. The van der Waals surface area contributed by atoms with Crippen molar-refractivity contribution in [1.82, 2.24) is 19.8 Å². The molecule has 1 aliphatic rings. The van der Waals surface area contributed by atoms with E-state index in [1.807, 2.05) is 60.7 Å². The summed E-state index contributed by atoms with van der Waals surface area (Å²) in [6.07, 6.45) is 2.96. The Bertz CT molecular complexity index is 1500. The molecule has 1 fully saturated rings. The van der Waals surface area contributed by atoms with Gasteiger partial charge in [-0.05, 0) is 86.1 Å². The van der Waals surface area contributed by atoms with Crippen LogP contribution >= 0.6 is 23.8 Å². The first kappa shape index (κ1) is 26.9. The Hall–Kier alpha value is -3.68. The van der Waals surface area contributed by atoms with Crippen LogP contribution in [-0.2, 0) is 11.2 Å². The SMILES string of the molecule is CCc1ccccc1NC(=O)CCN1C(=S)NC(c2ccccn2)C1c1cc(C)n(-c2cccc(Cl)c2)c1C. The van der Waals surface area contributed by atoms with Gasteiger partial charge in [-0.15, -0.1) is 0 Å². The number of anilines is 1. The highest BCUT2D eigenvalue weighted by molar-refractivity contribution is 7.80. The second-order valence-electron chi connectivity index (χ2n) is 9.77. The number of carbonyl (C=O) groups is 1. The molecule has 3 heterocycles. The topological polar surface area (TPSA) is 62.2 Å². The Morgan fingerprint density at radius 3 is 2.62 bits per heavy atom. The van der Waals surface area contributed by atoms with Crippen molar-refractivity contribution in [2.75, 3.05) is 11.9 Å². The van der Waals surface area contributed by atoms with Gasteiger partial charge in [-0.1, -0.05) is 48.9 Å². The standard InChI is InChI=1S/C31H32ClN5OS/c1-4-22-10-5-6-13-26(22)34-28(38)15-17-36-30(29(35-31(36)39)27-14-7-8-16-33-27)25-18-20(2)37(21(25)3)24-12-9-11-23(32)19-24/h5-14,16,18-19,29-30H,4,15,17H2,1-3H3,(H,34,38)(H,35,39). The second kappa shape index (κ2) is 11.6. The largest absolute Gasteiger partial charge is 0.352 e. The van der Waals surface area contributed by atoms with Gasteiger partial charge in [-0.3, -0.25) is 9.78 Å². The summed E-state index contributed by atoms with van der Waals surface area (Å²) in [5.41, 5.74) is 7.21. The van der Waals surface area contributed by atoms with E-state index in [9.17, 15) is 4.79 Å². The number of pyridine rings is 1. The Balaban J connectivity index is 1.47. The van der Waals surface area contributed by atoms with Crippen molar-refractivity contribution in [3.8, 4) is 5.69 Å². The van der Waals surface area contributed by atoms with Crippen LogP contribution in [0.1, 0.15) is 53.6 Å². The molecule has 1 aliphatic heterocycles. The summed E-state index contributed by atoms with van der Waals surface area (Å²) in [7, 11) is 0. The zero-order valence-corrected chi connectivity index (χ0v) is 23.9. The van der Waals surface area contributed by atoms with Gasteiger partial charge in [0.05, 0.1) is 17.8 Å². The molecule has 0 aliphatic carbocycles. The predicted molar refractivity (Wildman–Crippen MR) is 161 cm³/mol. The zero-order valence-electron chi connectivity index (χ0n) is 22.3. The van der Waals surface area contributed by atoms with Gasteiger partial charge in [0.25, 0.3) is 0 Å². The summed E-state index contributed by atoms with van der Waals surface area (Å²) < 4.78 is 2.21. The monoisotopic (exact) mass is 557 g/mol. The molecular formula is C31H32ClN5OS. The van der Waals surface area contributed by atoms with E-state index in [1.165, 1.54) is 0 Å². The molecule has 2 unspecified atom stereocenters. The number of nitrogens with one attached hydrogen (secondary N) is 2. The van der Waals surface area contributed by atoms with E-state index in [-0.39, 0.29) is 18.0 Å². The number of rotatable bonds is 8. The quantitative estimate of drug-likeness (QED) is 0.236. The number of aromatic nitrogens is 2. The first-order valence-electron chi connectivity index (χ1n) is 13.2. The van der Waals surface area contributed by atoms with Gasteiger partial charge in [0.15, 0.2) is 5.11 Å². The Labute approximate surface area is 240 Å². The molecule has 5 rings (SSSR count). The molecule has 8 heteroatoms. The number of benzene rings is 2. The lowest BCUT2D eigenvalue weighted by Crippen LogP contribution is -2.33. The van der Waals surface area contributed by atoms with E-state index in [1.54, 1.807) is 6.20 Å². The molecule has 2 aromatic carbocycles. The van der Waals surface area contributed by atoms with E-state index in [4.69, 9.17) is 23.8 Å². The van der Waals surface area contributed by atoms with Gasteiger partial charge in [0.1, 0.15) is 0 Å². The van der Waals surface area contributed by atoms with Crippen LogP contribution in [0, 0.1) is 13.8 Å². The number of hydrogen-bond acceptors (Lipinski definition) is 3. The van der Waals surface area contributed by atoms with E-state index in [0.717, 1.165) is 46.0 Å². The number of amides is 1. The van der Waals surface area contributed by atoms with Gasteiger partial charge in [0.2, 0.25) is 5.91 Å². The zero-order chi connectivity index (χ0) is 27.5. The molecule has 2 aromatic heterocycles. The molecule has 0 saturated carbocycles. The number of carbonyl (C=O) groups excluding carboxylic acids is 1. The summed E-state index contributed by atoms with van der Waals surface area (Å²) in [6, 6.07) is 23.6.